The molecule has 74 valence electrons. The Balaban J connectivity index is 0.00000196. The molecule has 1 aromatic rings. The number of ether oxygens (including phenoxy) is 1. The van der Waals surface area contributed by atoms with E-state index < -0.39 is 5.97 Å². The summed E-state index contributed by atoms with van der Waals surface area (Å²) in [4.78, 5) is 10.7. The number of carbonyl (C=O) groups is 1. The molecule has 1 rings (SSSR count). The van der Waals surface area contributed by atoms with Gasteiger partial charge in [0.05, 0.1) is 5.97 Å². The molecule has 0 amide bonds. The Bertz CT molecular complexity index is 361. The second kappa shape index (κ2) is 6.67. The predicted octanol–water partition coefficient (Wildman–Crippen LogP) is -1.99. The minimum Gasteiger partial charge on any atom is -0.545 e. The maximum atomic E-state index is 10.7. The molecule has 0 unspecified atom stereocenters. The number of aromatic carboxylic acids is 1. The van der Waals surface area contributed by atoms with Crippen LogP contribution in [0.4, 0.5) is 0 Å². The zero-order valence-corrected chi connectivity index (χ0v) is 10.9. The number of carboxylic acid groups (broad SMARTS) is 1. The fourth-order valence-corrected chi connectivity index (χ4v) is 0.962. The summed E-state index contributed by atoms with van der Waals surface area (Å²) < 4.78 is 5.24. The van der Waals surface area contributed by atoms with Gasteiger partial charge in [0.15, 0.2) is 0 Å². The molecule has 3 nitrogen and oxygen atoms in total. The molecule has 0 saturated heterocycles. The van der Waals surface area contributed by atoms with Gasteiger partial charge in [-0.25, -0.2) is 0 Å². The molecule has 0 aliphatic rings. The van der Waals surface area contributed by atoms with E-state index in [2.05, 4.69) is 6.58 Å². The van der Waals surface area contributed by atoms with Gasteiger partial charge in [0.1, 0.15) is 12.4 Å². The van der Waals surface area contributed by atoms with Gasteiger partial charge in [-0.05, 0) is 24.6 Å². The van der Waals surface area contributed by atoms with Crippen LogP contribution in [0.25, 0.3) is 0 Å². The maximum Gasteiger partial charge on any atom is 1.00 e. The van der Waals surface area contributed by atoms with Crippen LogP contribution in [0.15, 0.2) is 36.4 Å². The van der Waals surface area contributed by atoms with Crippen LogP contribution in [0.2, 0.25) is 0 Å². The van der Waals surface area contributed by atoms with Crippen LogP contribution in [0, 0.1) is 0 Å². The van der Waals surface area contributed by atoms with Crippen molar-refractivity contribution in [2.24, 2.45) is 0 Å². The van der Waals surface area contributed by atoms with Crippen molar-refractivity contribution < 1.29 is 44.2 Å². The molecule has 0 radical (unpaired) electrons. The second-order valence-electron chi connectivity index (χ2n) is 3.03. The first-order valence-electron chi connectivity index (χ1n) is 4.19. The third kappa shape index (κ3) is 4.51. The molecule has 1 aromatic carbocycles. The van der Waals surface area contributed by atoms with E-state index in [1.165, 1.54) is 6.07 Å². The van der Waals surface area contributed by atoms with E-state index in [9.17, 15) is 9.90 Å². The third-order valence-corrected chi connectivity index (χ3v) is 1.58. The van der Waals surface area contributed by atoms with Crippen LogP contribution >= 0.6 is 0 Å². The smallest absolute Gasteiger partial charge is 0.545 e. The van der Waals surface area contributed by atoms with E-state index in [-0.39, 0.29) is 35.1 Å². The average Bonchev–Trinajstić information content (AvgIpc) is 2.15. The van der Waals surface area contributed by atoms with E-state index in [0.717, 1.165) is 5.57 Å². The van der Waals surface area contributed by atoms with Crippen molar-refractivity contribution in [3.05, 3.63) is 42.0 Å². The molecule has 0 fully saturated rings. The first kappa shape index (κ1) is 14.2. The summed E-state index contributed by atoms with van der Waals surface area (Å²) in [6.07, 6.45) is 0. The molecular formula is C11H11NaO3. The van der Waals surface area contributed by atoms with Gasteiger partial charge in [-0.3, -0.25) is 0 Å². The van der Waals surface area contributed by atoms with Gasteiger partial charge in [-0.2, -0.15) is 0 Å². The molecule has 15 heavy (non-hydrogen) atoms. The standard InChI is InChI=1S/C11H12O3.Na/c1-8(2)7-14-10-6-4-3-5-9(10)11(12)13;/h3-6H,1,7H2,2H3,(H,12,13);/q;+1/p-1. The zero-order chi connectivity index (χ0) is 10.6. The summed E-state index contributed by atoms with van der Waals surface area (Å²) in [5.41, 5.74) is 0.895. The molecular weight excluding hydrogens is 203 g/mol. The first-order valence-corrected chi connectivity index (χ1v) is 4.19. The van der Waals surface area contributed by atoms with Crippen LogP contribution < -0.4 is 39.4 Å². The summed E-state index contributed by atoms with van der Waals surface area (Å²) in [6.45, 7) is 5.77. The molecule has 0 bridgehead atoms. The fourth-order valence-electron chi connectivity index (χ4n) is 0.962. The average molecular weight is 214 g/mol. The molecule has 0 spiro atoms. The van der Waals surface area contributed by atoms with Crippen molar-refractivity contribution in [2.75, 3.05) is 6.61 Å². The Labute approximate surface area is 111 Å². The van der Waals surface area contributed by atoms with Crippen molar-refractivity contribution >= 4 is 5.97 Å². The molecule has 0 aromatic heterocycles. The van der Waals surface area contributed by atoms with Gasteiger partial charge in [-0.15, -0.1) is 0 Å². The Kier molecular flexibility index (Phi) is 6.32. The Morgan fingerprint density at radius 1 is 1.47 bits per heavy atom. The number of hydrogen-bond donors (Lipinski definition) is 0. The minimum absolute atomic E-state index is 0. The van der Waals surface area contributed by atoms with E-state index in [1.54, 1.807) is 18.2 Å². The molecule has 0 atom stereocenters. The van der Waals surface area contributed by atoms with E-state index in [0.29, 0.717) is 12.4 Å². The quantitative estimate of drug-likeness (QED) is 0.430. The molecule has 0 heterocycles. The minimum atomic E-state index is -1.23. The van der Waals surface area contributed by atoms with Crippen LogP contribution in [-0.4, -0.2) is 12.6 Å². The number of rotatable bonds is 4. The van der Waals surface area contributed by atoms with Gasteiger partial charge in [0.2, 0.25) is 0 Å². The molecule has 4 heteroatoms. The van der Waals surface area contributed by atoms with Crippen LogP contribution in [0.5, 0.6) is 5.75 Å². The fraction of sp³-hybridized carbons (Fsp3) is 0.182. The maximum absolute atomic E-state index is 10.7. The third-order valence-electron chi connectivity index (χ3n) is 1.58. The summed E-state index contributed by atoms with van der Waals surface area (Å²) in [7, 11) is 0. The second-order valence-corrected chi connectivity index (χ2v) is 3.03. The summed E-state index contributed by atoms with van der Waals surface area (Å²) in [5, 5.41) is 10.7. The van der Waals surface area contributed by atoms with Gasteiger partial charge >= 0.3 is 29.6 Å². The van der Waals surface area contributed by atoms with Crippen LogP contribution in [-0.2, 0) is 0 Å². The Morgan fingerprint density at radius 2 is 2.07 bits per heavy atom. The van der Waals surface area contributed by atoms with Crippen molar-refractivity contribution in [1.82, 2.24) is 0 Å². The van der Waals surface area contributed by atoms with Crippen molar-refractivity contribution in [2.45, 2.75) is 6.92 Å². The molecule has 0 aliphatic carbocycles. The summed E-state index contributed by atoms with van der Waals surface area (Å²) in [5.74, 6) is -0.919. The summed E-state index contributed by atoms with van der Waals surface area (Å²) >= 11 is 0. The van der Waals surface area contributed by atoms with Crippen molar-refractivity contribution in [1.29, 1.82) is 0 Å². The van der Waals surface area contributed by atoms with Gasteiger partial charge in [0.25, 0.3) is 0 Å². The molecule has 0 aliphatic heterocycles. The molecule has 0 N–H and O–H groups in total. The largest absolute Gasteiger partial charge is 1.00 e. The number of carboxylic acids is 1. The Morgan fingerprint density at radius 3 is 2.60 bits per heavy atom. The number of hydrogen-bond acceptors (Lipinski definition) is 3. The van der Waals surface area contributed by atoms with E-state index >= 15 is 0 Å². The van der Waals surface area contributed by atoms with E-state index in [4.69, 9.17) is 4.74 Å². The molecule has 0 saturated carbocycles. The monoisotopic (exact) mass is 214 g/mol. The van der Waals surface area contributed by atoms with Crippen molar-refractivity contribution in [3.63, 3.8) is 0 Å². The predicted molar refractivity (Wildman–Crippen MR) is 51.1 cm³/mol. The topological polar surface area (TPSA) is 49.4 Å². The van der Waals surface area contributed by atoms with Crippen molar-refractivity contribution in [3.8, 4) is 5.75 Å². The van der Waals surface area contributed by atoms with Gasteiger partial charge < -0.3 is 14.6 Å². The van der Waals surface area contributed by atoms with Gasteiger partial charge in [0, 0.05) is 5.56 Å². The summed E-state index contributed by atoms with van der Waals surface area (Å²) in [6, 6.07) is 6.37. The number of para-hydroxylation sites is 1. The SMILES string of the molecule is C=C(C)COc1ccccc1C(=O)[O-].[Na+]. The van der Waals surface area contributed by atoms with Gasteiger partial charge in [-0.1, -0.05) is 18.7 Å². The Hall–Kier alpha value is -0.770. The van der Waals surface area contributed by atoms with Crippen LogP contribution in [0.3, 0.4) is 0 Å². The van der Waals surface area contributed by atoms with E-state index in [1.807, 2.05) is 6.92 Å². The first-order chi connectivity index (χ1) is 6.61. The van der Waals surface area contributed by atoms with Crippen LogP contribution in [0.1, 0.15) is 17.3 Å². The zero-order valence-electron chi connectivity index (χ0n) is 8.95. The normalized spacial score (nSPS) is 8.87. The number of carbonyl (C=O) groups excluding carboxylic acids is 1. The number of benzene rings is 1.